The Kier molecular flexibility index (Phi) is 7.16. The lowest BCUT2D eigenvalue weighted by Gasteiger charge is -2.29. The smallest absolute Gasteiger partial charge is 0.369 e. The van der Waals surface area contributed by atoms with Gasteiger partial charge in [0.2, 0.25) is 0 Å². The predicted molar refractivity (Wildman–Crippen MR) is 137 cm³/mol. The number of nitrogens with zero attached hydrogens (tertiary/aromatic N) is 4. The van der Waals surface area contributed by atoms with Crippen LogP contribution in [-0.4, -0.2) is 64.8 Å². The Morgan fingerprint density at radius 1 is 1.11 bits per heavy atom. The van der Waals surface area contributed by atoms with E-state index in [9.17, 15) is 18.0 Å². The molecule has 5 rings (SSSR count). The summed E-state index contributed by atoms with van der Waals surface area (Å²) in [5.74, 6) is -0.773. The number of anilines is 2. The maximum absolute atomic E-state index is 14.1. The van der Waals surface area contributed by atoms with Crippen LogP contribution in [0.2, 0.25) is 0 Å². The van der Waals surface area contributed by atoms with Crippen molar-refractivity contribution in [2.24, 2.45) is 0 Å². The molecule has 38 heavy (non-hydrogen) atoms. The number of rotatable bonds is 8. The van der Waals surface area contributed by atoms with Gasteiger partial charge >= 0.3 is 6.11 Å². The number of nitrogens with one attached hydrogen (secondary N) is 3. The normalized spacial score (nSPS) is 14.1. The summed E-state index contributed by atoms with van der Waals surface area (Å²) in [5.41, 5.74) is 2.71. The van der Waals surface area contributed by atoms with E-state index < -0.39 is 24.4 Å². The molecule has 2 aromatic carbocycles. The van der Waals surface area contributed by atoms with Crippen LogP contribution in [0.3, 0.4) is 0 Å². The van der Waals surface area contributed by atoms with E-state index in [-0.39, 0.29) is 17.2 Å². The molecule has 0 bridgehead atoms. The summed E-state index contributed by atoms with van der Waals surface area (Å²) in [5, 5.41) is 6.12. The number of alkyl halides is 2. The van der Waals surface area contributed by atoms with Crippen LogP contribution < -0.4 is 15.5 Å². The van der Waals surface area contributed by atoms with E-state index in [0.717, 1.165) is 39.0 Å². The topological polar surface area (TPSA) is 100 Å². The van der Waals surface area contributed by atoms with Crippen LogP contribution in [0, 0.1) is 5.82 Å². The third-order valence-electron chi connectivity index (χ3n) is 6.25. The highest BCUT2D eigenvalue weighted by Crippen LogP contribution is 2.32. The molecule has 0 unspecified atom stereocenters. The van der Waals surface area contributed by atoms with E-state index in [1.165, 1.54) is 41.4 Å². The van der Waals surface area contributed by atoms with E-state index in [0.29, 0.717) is 16.9 Å². The molecule has 3 N–H and O–H groups in total. The van der Waals surface area contributed by atoms with E-state index in [1.807, 2.05) is 24.3 Å². The molecule has 9 nitrogen and oxygen atoms in total. The van der Waals surface area contributed by atoms with Crippen LogP contribution in [-0.2, 0) is 11.3 Å². The Balaban J connectivity index is 1.39. The van der Waals surface area contributed by atoms with Crippen LogP contribution in [0.15, 0.2) is 61.1 Å². The second kappa shape index (κ2) is 10.7. The van der Waals surface area contributed by atoms with Gasteiger partial charge in [-0.25, -0.2) is 14.4 Å². The summed E-state index contributed by atoms with van der Waals surface area (Å²) in [6, 6.07) is 13.0. The van der Waals surface area contributed by atoms with E-state index >= 15 is 0 Å². The lowest BCUT2D eigenvalue weighted by Crippen LogP contribution is -2.43. The Morgan fingerprint density at radius 3 is 2.50 bits per heavy atom. The number of ether oxygens (including phenoxy) is 1. The minimum absolute atomic E-state index is 0.0579. The van der Waals surface area contributed by atoms with Gasteiger partial charge in [-0.1, -0.05) is 0 Å². The number of hydrogen-bond acceptors (Lipinski definition) is 6. The zero-order valence-corrected chi connectivity index (χ0v) is 20.5. The van der Waals surface area contributed by atoms with Gasteiger partial charge in [-0.05, 0) is 48.5 Å². The lowest BCUT2D eigenvalue weighted by molar-refractivity contribution is -0.229. The van der Waals surface area contributed by atoms with Crippen LogP contribution in [0.1, 0.15) is 10.5 Å². The first-order chi connectivity index (χ1) is 18.3. The highest BCUT2D eigenvalue weighted by Gasteiger charge is 2.32. The van der Waals surface area contributed by atoms with Gasteiger partial charge < -0.3 is 29.8 Å². The van der Waals surface area contributed by atoms with E-state index in [1.54, 1.807) is 0 Å². The molecular weight excluding hydrogens is 499 g/mol. The van der Waals surface area contributed by atoms with Gasteiger partial charge in [0.25, 0.3) is 5.91 Å². The first-order valence-corrected chi connectivity index (χ1v) is 12.0. The molecule has 3 heterocycles. The number of H-pyrrole nitrogens is 1. The van der Waals surface area contributed by atoms with Crippen LogP contribution in [0.25, 0.3) is 22.8 Å². The van der Waals surface area contributed by atoms with Crippen LogP contribution in [0.4, 0.5) is 24.5 Å². The fourth-order valence-electron chi connectivity index (χ4n) is 4.27. The standard InChI is InChI=1S/C26H26F3N7O2/c1-38-26(28,29)15-36-16-32-22(17-2-4-18(27)5-3-17)23(36)24-31-14-21(34-24)25(37)33-19-6-8-20(9-7-19)35-12-10-30-11-13-35/h2-9,14,16,30H,10-13,15H2,1H3,(H,31,34)(H,33,37). The van der Waals surface area contributed by atoms with Gasteiger partial charge in [0, 0.05) is 56.4 Å². The van der Waals surface area contributed by atoms with Crippen molar-refractivity contribution < 1.29 is 22.7 Å². The summed E-state index contributed by atoms with van der Waals surface area (Å²) in [6.45, 7) is 2.83. The number of hydrogen-bond donors (Lipinski definition) is 3. The summed E-state index contributed by atoms with van der Waals surface area (Å²) >= 11 is 0. The highest BCUT2D eigenvalue weighted by molar-refractivity contribution is 6.03. The second-order valence-electron chi connectivity index (χ2n) is 8.79. The third-order valence-corrected chi connectivity index (χ3v) is 6.25. The Hall–Kier alpha value is -4.16. The molecule has 4 aromatic rings. The van der Waals surface area contributed by atoms with Crippen molar-refractivity contribution in [3.8, 4) is 22.8 Å². The van der Waals surface area contributed by atoms with Gasteiger partial charge in [0.15, 0.2) is 5.82 Å². The molecule has 1 aliphatic rings. The zero-order chi connectivity index (χ0) is 26.7. The first-order valence-electron chi connectivity index (χ1n) is 12.0. The fourth-order valence-corrected chi connectivity index (χ4v) is 4.27. The number of carbonyl (C=O) groups excluding carboxylic acids is 1. The van der Waals surface area contributed by atoms with Gasteiger partial charge in [-0.15, -0.1) is 0 Å². The quantitative estimate of drug-likeness (QED) is 0.322. The fraction of sp³-hybridized carbons (Fsp3) is 0.269. The molecule has 12 heteroatoms. The minimum Gasteiger partial charge on any atom is -0.369 e. The molecular formula is C26H26F3N7O2. The number of carbonyl (C=O) groups is 1. The van der Waals surface area contributed by atoms with Gasteiger partial charge in [-0.2, -0.15) is 8.78 Å². The maximum atomic E-state index is 14.1. The SMILES string of the molecule is COC(F)(F)Cn1cnc(-c2ccc(F)cc2)c1-c1nc(C(=O)Nc2ccc(N3CCNCC3)cc2)c[nH]1. The van der Waals surface area contributed by atoms with E-state index in [4.69, 9.17) is 0 Å². The zero-order valence-electron chi connectivity index (χ0n) is 20.5. The highest BCUT2D eigenvalue weighted by atomic mass is 19.3. The molecule has 2 aromatic heterocycles. The predicted octanol–water partition coefficient (Wildman–Crippen LogP) is 3.98. The van der Waals surface area contributed by atoms with Crippen molar-refractivity contribution in [2.45, 2.75) is 12.7 Å². The van der Waals surface area contributed by atoms with Crippen molar-refractivity contribution in [3.63, 3.8) is 0 Å². The molecule has 1 amide bonds. The summed E-state index contributed by atoms with van der Waals surface area (Å²) < 4.78 is 47.1. The number of methoxy groups -OCH3 is 1. The molecule has 0 radical (unpaired) electrons. The van der Waals surface area contributed by atoms with Crippen molar-refractivity contribution in [1.82, 2.24) is 24.8 Å². The second-order valence-corrected chi connectivity index (χ2v) is 8.79. The first kappa shape index (κ1) is 25.5. The van der Waals surface area contributed by atoms with E-state index in [2.05, 4.69) is 35.2 Å². The van der Waals surface area contributed by atoms with Crippen molar-refractivity contribution in [2.75, 3.05) is 43.5 Å². The van der Waals surface area contributed by atoms with Crippen LogP contribution in [0.5, 0.6) is 0 Å². The lowest BCUT2D eigenvalue weighted by atomic mass is 10.1. The maximum Gasteiger partial charge on any atom is 0.373 e. The van der Waals surface area contributed by atoms with Gasteiger partial charge in [0.05, 0.1) is 12.0 Å². The molecule has 0 atom stereocenters. The molecule has 1 fully saturated rings. The van der Waals surface area contributed by atoms with Crippen LogP contribution >= 0.6 is 0 Å². The number of benzene rings is 2. The minimum atomic E-state index is -3.47. The number of halogens is 3. The number of imidazole rings is 2. The Bertz CT molecular complexity index is 1400. The average molecular weight is 526 g/mol. The summed E-state index contributed by atoms with van der Waals surface area (Å²) in [4.78, 5) is 26.7. The summed E-state index contributed by atoms with van der Waals surface area (Å²) in [7, 11) is 0.906. The number of piperazine rings is 1. The Morgan fingerprint density at radius 2 is 1.82 bits per heavy atom. The molecule has 1 aliphatic heterocycles. The van der Waals surface area contributed by atoms with Crippen molar-refractivity contribution in [3.05, 3.63) is 72.6 Å². The Labute approximate surface area is 216 Å². The monoisotopic (exact) mass is 525 g/mol. The molecule has 0 saturated carbocycles. The average Bonchev–Trinajstić information content (AvgIpc) is 3.57. The third kappa shape index (κ3) is 5.55. The number of aromatic nitrogens is 4. The number of amides is 1. The molecule has 198 valence electrons. The molecule has 0 spiro atoms. The van der Waals surface area contributed by atoms with Crippen molar-refractivity contribution >= 4 is 17.3 Å². The summed E-state index contributed by atoms with van der Waals surface area (Å²) in [6.07, 6.45) is -0.859. The molecule has 1 saturated heterocycles. The van der Waals surface area contributed by atoms with Gasteiger partial charge in [-0.3, -0.25) is 4.79 Å². The molecule has 0 aliphatic carbocycles. The van der Waals surface area contributed by atoms with Crippen molar-refractivity contribution in [1.29, 1.82) is 0 Å². The van der Waals surface area contributed by atoms with Gasteiger partial charge in [0.1, 0.15) is 23.7 Å². The largest absolute Gasteiger partial charge is 0.373 e. The number of aromatic amines is 1.